The van der Waals surface area contributed by atoms with Gasteiger partial charge in [0.25, 0.3) is 5.56 Å². The third kappa shape index (κ3) is 4.52. The van der Waals surface area contributed by atoms with Gasteiger partial charge in [-0.3, -0.25) is 14.5 Å². The summed E-state index contributed by atoms with van der Waals surface area (Å²) in [4.78, 5) is 27.5. The zero-order valence-corrected chi connectivity index (χ0v) is 17.4. The van der Waals surface area contributed by atoms with E-state index < -0.39 is 0 Å². The normalized spacial score (nSPS) is 16.1. The van der Waals surface area contributed by atoms with E-state index in [0.717, 1.165) is 18.5 Å². The Hall–Kier alpha value is -3.18. The number of likely N-dealkylation sites (N-methyl/N-ethyl adjacent to an activating group) is 1. The number of aromatic nitrogens is 1. The van der Waals surface area contributed by atoms with Gasteiger partial charge in [-0.05, 0) is 49.2 Å². The van der Waals surface area contributed by atoms with Gasteiger partial charge in [0.2, 0.25) is 0 Å². The fraction of sp³-hybridized carbons (Fsp3) is 0.280. The molecule has 0 N–H and O–H groups in total. The molecular weight excluding hydrogens is 376 g/mol. The molecule has 30 heavy (non-hydrogen) atoms. The lowest BCUT2D eigenvalue weighted by Crippen LogP contribution is -2.35. The molecule has 0 bridgehead atoms. The minimum absolute atomic E-state index is 0.0167. The number of ether oxygens (including phenoxy) is 1. The first-order valence-corrected chi connectivity index (χ1v) is 10.2. The smallest absolute Gasteiger partial charge is 0.254 e. The molecule has 0 spiro atoms. The first-order chi connectivity index (χ1) is 14.5. The predicted molar refractivity (Wildman–Crippen MR) is 117 cm³/mol. The Morgan fingerprint density at radius 3 is 2.63 bits per heavy atom. The van der Waals surface area contributed by atoms with Crippen molar-refractivity contribution in [3.8, 4) is 5.75 Å². The van der Waals surface area contributed by atoms with Crippen LogP contribution in [0.1, 0.15) is 34.0 Å². The van der Waals surface area contributed by atoms with Crippen LogP contribution in [0.2, 0.25) is 0 Å². The van der Waals surface area contributed by atoms with Gasteiger partial charge in [-0.2, -0.15) is 0 Å². The van der Waals surface area contributed by atoms with E-state index >= 15 is 0 Å². The number of benzene rings is 2. The van der Waals surface area contributed by atoms with Crippen LogP contribution < -0.4 is 10.3 Å². The molecule has 1 aromatic heterocycles. The summed E-state index contributed by atoms with van der Waals surface area (Å²) in [6.07, 6.45) is 2.61. The molecule has 0 fully saturated rings. The van der Waals surface area contributed by atoms with Gasteiger partial charge in [-0.1, -0.05) is 42.5 Å². The molecular formula is C25H26N2O3. The predicted octanol–water partition coefficient (Wildman–Crippen LogP) is 3.69. The van der Waals surface area contributed by atoms with E-state index in [1.807, 2.05) is 42.5 Å². The Kier molecular flexibility index (Phi) is 5.81. The standard InChI is InChI=1S/C25H26N2O3/c1-18-12-20-8-9-21(13-22(20)15-26(18)2)24(28)16-27-11-10-23(14-25(27)29)30-17-19-6-4-3-5-7-19/h3-11,13-14,18H,12,15-17H2,1-2H3. The fourth-order valence-electron chi connectivity index (χ4n) is 3.74. The third-order valence-corrected chi connectivity index (χ3v) is 5.75. The summed E-state index contributed by atoms with van der Waals surface area (Å²) >= 11 is 0. The topological polar surface area (TPSA) is 51.5 Å². The number of pyridine rings is 1. The molecule has 1 aliphatic rings. The summed E-state index contributed by atoms with van der Waals surface area (Å²) in [5.41, 5.74) is 3.92. The molecule has 1 atom stereocenters. The van der Waals surface area contributed by atoms with Crippen LogP contribution in [0.4, 0.5) is 0 Å². The Bertz CT molecular complexity index is 1100. The number of fused-ring (bicyclic) bond motifs is 1. The van der Waals surface area contributed by atoms with Crippen LogP contribution >= 0.6 is 0 Å². The lowest BCUT2D eigenvalue weighted by molar-refractivity contribution is 0.0970. The molecule has 5 nitrogen and oxygen atoms in total. The third-order valence-electron chi connectivity index (χ3n) is 5.75. The van der Waals surface area contributed by atoms with Gasteiger partial charge in [0, 0.05) is 30.4 Å². The highest BCUT2D eigenvalue weighted by Gasteiger charge is 2.21. The molecule has 0 aliphatic carbocycles. The summed E-state index contributed by atoms with van der Waals surface area (Å²) in [5.74, 6) is 0.428. The van der Waals surface area contributed by atoms with Crippen LogP contribution in [0, 0.1) is 0 Å². The number of ketones is 1. The van der Waals surface area contributed by atoms with Gasteiger partial charge in [0.05, 0.1) is 6.54 Å². The molecule has 0 radical (unpaired) electrons. The maximum Gasteiger partial charge on any atom is 0.254 e. The second kappa shape index (κ2) is 8.67. The lowest BCUT2D eigenvalue weighted by atomic mass is 9.93. The molecule has 3 aromatic rings. The number of rotatable bonds is 6. The molecule has 0 amide bonds. The van der Waals surface area contributed by atoms with Crippen LogP contribution in [0.15, 0.2) is 71.7 Å². The van der Waals surface area contributed by atoms with Crippen LogP contribution in [-0.4, -0.2) is 28.3 Å². The van der Waals surface area contributed by atoms with Gasteiger partial charge >= 0.3 is 0 Å². The first kappa shape index (κ1) is 20.1. The van der Waals surface area contributed by atoms with Crippen molar-refractivity contribution < 1.29 is 9.53 Å². The Labute approximate surface area is 176 Å². The number of hydrogen-bond donors (Lipinski definition) is 0. The van der Waals surface area contributed by atoms with Gasteiger partial charge in [0.15, 0.2) is 5.78 Å². The SMILES string of the molecule is CC1Cc2ccc(C(=O)Cn3ccc(OCc4ccccc4)cc3=O)cc2CN1C. The molecule has 4 rings (SSSR count). The molecule has 2 aromatic carbocycles. The van der Waals surface area contributed by atoms with Crippen molar-refractivity contribution >= 4 is 5.78 Å². The zero-order valence-electron chi connectivity index (χ0n) is 17.4. The van der Waals surface area contributed by atoms with E-state index in [4.69, 9.17) is 4.74 Å². The Balaban J connectivity index is 1.43. The minimum atomic E-state index is -0.250. The second-order valence-electron chi connectivity index (χ2n) is 7.98. The maximum absolute atomic E-state index is 12.8. The molecule has 2 heterocycles. The molecule has 5 heteroatoms. The van der Waals surface area contributed by atoms with E-state index in [0.29, 0.717) is 24.0 Å². The number of nitrogens with zero attached hydrogens (tertiary/aromatic N) is 2. The molecule has 1 unspecified atom stereocenters. The van der Waals surface area contributed by atoms with Crippen molar-refractivity contribution in [1.82, 2.24) is 9.47 Å². The highest BCUT2D eigenvalue weighted by Crippen LogP contribution is 2.23. The van der Waals surface area contributed by atoms with Crippen LogP contribution in [0.25, 0.3) is 0 Å². The van der Waals surface area contributed by atoms with E-state index in [1.54, 1.807) is 12.3 Å². The molecule has 154 valence electrons. The summed E-state index contributed by atoms with van der Waals surface area (Å²) in [7, 11) is 2.10. The number of hydrogen-bond acceptors (Lipinski definition) is 4. The largest absolute Gasteiger partial charge is 0.489 e. The van der Waals surface area contributed by atoms with Gasteiger partial charge in [0.1, 0.15) is 12.4 Å². The van der Waals surface area contributed by atoms with Gasteiger partial charge in [-0.25, -0.2) is 0 Å². The van der Waals surface area contributed by atoms with E-state index in [9.17, 15) is 9.59 Å². The van der Waals surface area contributed by atoms with Crippen molar-refractivity contribution in [3.63, 3.8) is 0 Å². The average molecular weight is 402 g/mol. The summed E-state index contributed by atoms with van der Waals surface area (Å²) in [6, 6.07) is 19.3. The van der Waals surface area contributed by atoms with Crippen LogP contribution in [-0.2, 0) is 26.1 Å². The molecule has 1 aliphatic heterocycles. The highest BCUT2D eigenvalue weighted by molar-refractivity contribution is 5.96. The Morgan fingerprint density at radius 2 is 1.87 bits per heavy atom. The number of carbonyl (C=O) groups is 1. The fourth-order valence-corrected chi connectivity index (χ4v) is 3.74. The van der Waals surface area contributed by atoms with E-state index in [1.165, 1.54) is 21.8 Å². The van der Waals surface area contributed by atoms with Crippen LogP contribution in [0.5, 0.6) is 5.75 Å². The minimum Gasteiger partial charge on any atom is -0.489 e. The first-order valence-electron chi connectivity index (χ1n) is 10.2. The lowest BCUT2D eigenvalue weighted by Gasteiger charge is -2.31. The van der Waals surface area contributed by atoms with E-state index in [-0.39, 0.29) is 17.9 Å². The monoisotopic (exact) mass is 402 g/mol. The number of Topliss-reactive ketones (excluding diaryl/α,β-unsaturated/α-hetero) is 1. The van der Waals surface area contributed by atoms with Crippen molar-refractivity contribution in [1.29, 1.82) is 0 Å². The Morgan fingerprint density at radius 1 is 1.07 bits per heavy atom. The van der Waals surface area contributed by atoms with E-state index in [2.05, 4.69) is 24.9 Å². The summed E-state index contributed by atoms with van der Waals surface area (Å²) in [6.45, 7) is 3.46. The zero-order chi connectivity index (χ0) is 21.1. The summed E-state index contributed by atoms with van der Waals surface area (Å²) < 4.78 is 7.12. The van der Waals surface area contributed by atoms with Crippen molar-refractivity contribution in [2.75, 3.05) is 7.05 Å². The number of carbonyl (C=O) groups excluding carboxylic acids is 1. The second-order valence-corrected chi connectivity index (χ2v) is 7.98. The van der Waals surface area contributed by atoms with Crippen LogP contribution in [0.3, 0.4) is 0 Å². The van der Waals surface area contributed by atoms with Gasteiger partial charge in [-0.15, -0.1) is 0 Å². The van der Waals surface area contributed by atoms with Crippen molar-refractivity contribution in [2.45, 2.75) is 39.1 Å². The summed E-state index contributed by atoms with van der Waals surface area (Å²) in [5, 5.41) is 0. The molecule has 0 saturated carbocycles. The van der Waals surface area contributed by atoms with Gasteiger partial charge < -0.3 is 9.30 Å². The van der Waals surface area contributed by atoms with Crippen molar-refractivity contribution in [3.05, 3.63) is 99.5 Å². The average Bonchev–Trinajstić information content (AvgIpc) is 2.75. The van der Waals surface area contributed by atoms with Crippen molar-refractivity contribution in [2.24, 2.45) is 0 Å². The highest BCUT2D eigenvalue weighted by atomic mass is 16.5. The maximum atomic E-state index is 12.8. The molecule has 0 saturated heterocycles. The quantitative estimate of drug-likeness (QED) is 0.590.